The molecule has 0 heterocycles. The Morgan fingerprint density at radius 2 is 1.65 bits per heavy atom. The molecule has 0 amide bonds. The Morgan fingerprint density at radius 1 is 0.950 bits per heavy atom. The zero-order chi connectivity index (χ0) is 14.9. The van der Waals surface area contributed by atoms with Crippen molar-refractivity contribution in [3.63, 3.8) is 0 Å². The Labute approximate surface area is 129 Å². The van der Waals surface area contributed by atoms with E-state index in [0.29, 0.717) is 10.6 Å². The second kappa shape index (κ2) is 6.24. The molecular weight excluding hydrogens is 329 g/mol. The van der Waals surface area contributed by atoms with E-state index in [1.54, 1.807) is 18.2 Å². The van der Waals surface area contributed by atoms with Crippen molar-refractivity contribution in [2.24, 2.45) is 5.84 Å². The lowest BCUT2D eigenvalue weighted by molar-refractivity contribution is 0.546. The molecule has 2 nitrogen and oxygen atoms in total. The number of rotatable bonds is 3. The molecule has 0 aliphatic rings. The van der Waals surface area contributed by atoms with Crippen LogP contribution in [0.1, 0.15) is 17.2 Å². The molecular formula is C13H9Cl3F2N2. The highest BCUT2D eigenvalue weighted by atomic mass is 35.5. The van der Waals surface area contributed by atoms with E-state index in [1.807, 2.05) is 0 Å². The zero-order valence-corrected chi connectivity index (χ0v) is 12.2. The van der Waals surface area contributed by atoms with Gasteiger partial charge in [-0.15, -0.1) is 0 Å². The molecule has 1 unspecified atom stereocenters. The number of hydrogen-bond acceptors (Lipinski definition) is 2. The highest BCUT2D eigenvalue weighted by Gasteiger charge is 2.22. The van der Waals surface area contributed by atoms with Crippen molar-refractivity contribution < 1.29 is 8.78 Å². The molecule has 0 aliphatic heterocycles. The van der Waals surface area contributed by atoms with Crippen LogP contribution >= 0.6 is 34.8 Å². The first kappa shape index (κ1) is 15.5. The molecule has 0 saturated carbocycles. The van der Waals surface area contributed by atoms with Crippen LogP contribution in [0.2, 0.25) is 15.1 Å². The van der Waals surface area contributed by atoms with Crippen LogP contribution in [-0.2, 0) is 0 Å². The van der Waals surface area contributed by atoms with Gasteiger partial charge in [0.2, 0.25) is 0 Å². The van der Waals surface area contributed by atoms with Crippen LogP contribution < -0.4 is 11.3 Å². The van der Waals surface area contributed by atoms with Crippen LogP contribution in [0.15, 0.2) is 30.3 Å². The summed E-state index contributed by atoms with van der Waals surface area (Å²) in [6.45, 7) is 0. The van der Waals surface area contributed by atoms with Crippen LogP contribution in [0.5, 0.6) is 0 Å². The quantitative estimate of drug-likeness (QED) is 0.492. The summed E-state index contributed by atoms with van der Waals surface area (Å²) in [6, 6.07) is 5.84. The summed E-state index contributed by atoms with van der Waals surface area (Å²) in [6.07, 6.45) is 0. The van der Waals surface area contributed by atoms with Crippen LogP contribution in [0, 0.1) is 11.6 Å². The Morgan fingerprint density at radius 3 is 2.30 bits per heavy atom. The fourth-order valence-electron chi connectivity index (χ4n) is 1.85. The molecule has 0 bridgehead atoms. The van der Waals surface area contributed by atoms with Crippen LogP contribution in [0.3, 0.4) is 0 Å². The molecule has 2 aromatic carbocycles. The van der Waals surface area contributed by atoms with Gasteiger partial charge in [0.25, 0.3) is 0 Å². The predicted molar refractivity (Wildman–Crippen MR) is 77.0 cm³/mol. The molecule has 0 spiro atoms. The van der Waals surface area contributed by atoms with E-state index in [0.717, 1.165) is 12.1 Å². The first-order valence-corrected chi connectivity index (χ1v) is 6.63. The van der Waals surface area contributed by atoms with Gasteiger partial charge in [-0.3, -0.25) is 5.84 Å². The fraction of sp³-hybridized carbons (Fsp3) is 0.0769. The van der Waals surface area contributed by atoms with Gasteiger partial charge in [-0.2, -0.15) is 0 Å². The van der Waals surface area contributed by atoms with Gasteiger partial charge in [-0.05, 0) is 23.8 Å². The summed E-state index contributed by atoms with van der Waals surface area (Å²) in [4.78, 5) is 0. The molecule has 0 aliphatic carbocycles. The van der Waals surface area contributed by atoms with Crippen molar-refractivity contribution >= 4 is 34.8 Å². The SMILES string of the molecule is NNC(c1cc(F)c(Cl)cc1F)c1cccc(Cl)c1Cl. The van der Waals surface area contributed by atoms with Gasteiger partial charge in [0.15, 0.2) is 0 Å². The van der Waals surface area contributed by atoms with E-state index >= 15 is 0 Å². The van der Waals surface area contributed by atoms with E-state index < -0.39 is 17.7 Å². The minimum absolute atomic E-state index is 0.0152. The third-order valence-corrected chi connectivity index (χ3v) is 3.93. The largest absolute Gasteiger partial charge is 0.271 e. The molecule has 0 radical (unpaired) electrons. The molecule has 0 saturated heterocycles. The van der Waals surface area contributed by atoms with E-state index in [9.17, 15) is 8.78 Å². The summed E-state index contributed by atoms with van der Waals surface area (Å²) < 4.78 is 27.5. The minimum atomic E-state index is -0.854. The molecule has 3 N–H and O–H groups in total. The van der Waals surface area contributed by atoms with Crippen LogP contribution in [-0.4, -0.2) is 0 Å². The van der Waals surface area contributed by atoms with Crippen LogP contribution in [0.4, 0.5) is 8.78 Å². The Hall–Kier alpha value is -0.910. The van der Waals surface area contributed by atoms with Gasteiger partial charge in [-0.1, -0.05) is 46.9 Å². The highest BCUT2D eigenvalue weighted by Crippen LogP contribution is 2.34. The Balaban J connectivity index is 2.58. The standard InChI is InChI=1S/C13H9Cl3F2N2/c14-8-3-1-2-6(12(8)16)13(20-19)7-4-11(18)9(15)5-10(7)17/h1-5,13,20H,19H2. The summed E-state index contributed by atoms with van der Waals surface area (Å²) in [7, 11) is 0. The predicted octanol–water partition coefficient (Wildman–Crippen LogP) is 4.48. The fourth-order valence-corrected chi connectivity index (χ4v) is 2.42. The molecule has 20 heavy (non-hydrogen) atoms. The van der Waals surface area contributed by atoms with Gasteiger partial charge in [0.05, 0.1) is 21.1 Å². The number of halogens is 5. The lowest BCUT2D eigenvalue weighted by Gasteiger charge is -2.19. The normalized spacial score (nSPS) is 12.5. The lowest BCUT2D eigenvalue weighted by Crippen LogP contribution is -2.30. The number of nitrogens with one attached hydrogen (secondary N) is 1. The maximum atomic E-state index is 14.0. The smallest absolute Gasteiger partial charge is 0.142 e. The van der Waals surface area contributed by atoms with Gasteiger partial charge in [0.1, 0.15) is 11.6 Å². The van der Waals surface area contributed by atoms with Crippen molar-refractivity contribution in [1.82, 2.24) is 5.43 Å². The molecule has 2 rings (SSSR count). The van der Waals surface area contributed by atoms with E-state index in [4.69, 9.17) is 40.6 Å². The van der Waals surface area contributed by atoms with Crippen LogP contribution in [0.25, 0.3) is 0 Å². The molecule has 0 fully saturated rings. The lowest BCUT2D eigenvalue weighted by atomic mass is 9.98. The second-order valence-corrected chi connectivity index (χ2v) is 5.22. The Kier molecular flexibility index (Phi) is 4.83. The summed E-state index contributed by atoms with van der Waals surface area (Å²) in [5.74, 6) is 3.99. The van der Waals surface area contributed by atoms with E-state index in [2.05, 4.69) is 5.43 Å². The Bertz CT molecular complexity index is 650. The molecule has 106 valence electrons. The topological polar surface area (TPSA) is 38.0 Å². The first-order chi connectivity index (χ1) is 9.45. The van der Waals surface area contributed by atoms with Gasteiger partial charge in [0, 0.05) is 5.56 Å². The molecule has 7 heteroatoms. The summed E-state index contributed by atoms with van der Waals surface area (Å²) in [5.41, 5.74) is 2.81. The van der Waals surface area contributed by atoms with E-state index in [1.165, 1.54) is 0 Å². The molecule has 2 aromatic rings. The summed E-state index contributed by atoms with van der Waals surface area (Å²) >= 11 is 17.5. The number of hydrogen-bond donors (Lipinski definition) is 2. The summed E-state index contributed by atoms with van der Waals surface area (Å²) in [5, 5.41) is 0.199. The maximum Gasteiger partial charge on any atom is 0.142 e. The monoisotopic (exact) mass is 336 g/mol. The number of benzene rings is 2. The molecule has 0 aromatic heterocycles. The maximum absolute atomic E-state index is 14.0. The van der Waals surface area contributed by atoms with Crippen molar-refractivity contribution in [2.45, 2.75) is 6.04 Å². The van der Waals surface area contributed by atoms with Crippen molar-refractivity contribution in [3.05, 3.63) is 68.2 Å². The first-order valence-electron chi connectivity index (χ1n) is 5.50. The average molecular weight is 338 g/mol. The highest BCUT2D eigenvalue weighted by molar-refractivity contribution is 6.42. The third-order valence-electron chi connectivity index (χ3n) is 2.81. The van der Waals surface area contributed by atoms with Crippen molar-refractivity contribution in [1.29, 1.82) is 0 Å². The third kappa shape index (κ3) is 2.90. The number of hydrazine groups is 1. The van der Waals surface area contributed by atoms with Gasteiger partial charge >= 0.3 is 0 Å². The van der Waals surface area contributed by atoms with Crippen molar-refractivity contribution in [3.8, 4) is 0 Å². The zero-order valence-electron chi connectivity index (χ0n) is 9.93. The van der Waals surface area contributed by atoms with Gasteiger partial charge in [-0.25, -0.2) is 14.2 Å². The molecule has 1 atom stereocenters. The average Bonchev–Trinajstić information content (AvgIpc) is 2.41. The number of nitrogens with two attached hydrogens (primary N) is 1. The van der Waals surface area contributed by atoms with Gasteiger partial charge < -0.3 is 0 Å². The minimum Gasteiger partial charge on any atom is -0.271 e. The van der Waals surface area contributed by atoms with Crippen molar-refractivity contribution in [2.75, 3.05) is 0 Å². The second-order valence-electron chi connectivity index (χ2n) is 4.03. The van der Waals surface area contributed by atoms with E-state index in [-0.39, 0.29) is 15.6 Å².